The summed E-state index contributed by atoms with van der Waals surface area (Å²) in [5.74, 6) is 1.38. The zero-order chi connectivity index (χ0) is 17.2. The number of hydrogen-bond acceptors (Lipinski definition) is 4. The molecule has 128 valence electrons. The van der Waals surface area contributed by atoms with Crippen LogP contribution < -0.4 is 10.6 Å². The zero-order valence-electron chi connectivity index (χ0n) is 13.6. The molecule has 0 spiro atoms. The Morgan fingerprint density at radius 1 is 0.960 bits per heavy atom. The van der Waals surface area contributed by atoms with Gasteiger partial charge in [0.1, 0.15) is 5.82 Å². The molecule has 25 heavy (non-hydrogen) atoms. The topological polar surface area (TPSA) is 49.8 Å². The summed E-state index contributed by atoms with van der Waals surface area (Å²) < 4.78 is 0. The molecule has 0 unspecified atom stereocenters. The largest absolute Gasteiger partial charge is 0.367 e. The van der Waals surface area contributed by atoms with Crippen LogP contribution in [0.25, 0.3) is 10.9 Å². The van der Waals surface area contributed by atoms with Crippen LogP contribution in [-0.2, 0) is 0 Å². The van der Waals surface area contributed by atoms with Crippen LogP contribution in [0.2, 0.25) is 10.0 Å². The van der Waals surface area contributed by atoms with E-state index in [1.165, 1.54) is 25.7 Å². The Balaban J connectivity index is 1.71. The first-order valence-corrected chi connectivity index (χ1v) is 9.20. The second kappa shape index (κ2) is 7.06. The normalized spacial score (nSPS) is 14.8. The summed E-state index contributed by atoms with van der Waals surface area (Å²) in [6, 6.07) is 13.8. The van der Waals surface area contributed by atoms with Gasteiger partial charge in [0.15, 0.2) is 0 Å². The minimum Gasteiger partial charge on any atom is -0.367 e. The number of hydrogen-bond donors (Lipinski definition) is 2. The van der Waals surface area contributed by atoms with Crippen molar-refractivity contribution < 1.29 is 0 Å². The molecule has 0 aliphatic heterocycles. The third-order valence-electron chi connectivity index (χ3n) is 4.48. The molecule has 2 N–H and O–H groups in total. The maximum absolute atomic E-state index is 6.26. The van der Waals surface area contributed by atoms with Gasteiger partial charge in [0.2, 0.25) is 5.95 Å². The van der Waals surface area contributed by atoms with Crippen LogP contribution in [0.4, 0.5) is 17.5 Å². The number of nitrogens with one attached hydrogen (secondary N) is 2. The van der Waals surface area contributed by atoms with Crippen LogP contribution in [-0.4, -0.2) is 16.0 Å². The predicted molar refractivity (Wildman–Crippen MR) is 105 cm³/mol. The van der Waals surface area contributed by atoms with Gasteiger partial charge in [-0.15, -0.1) is 0 Å². The van der Waals surface area contributed by atoms with Crippen LogP contribution in [0.5, 0.6) is 0 Å². The van der Waals surface area contributed by atoms with Crippen molar-refractivity contribution in [2.24, 2.45) is 0 Å². The summed E-state index contributed by atoms with van der Waals surface area (Å²) in [5, 5.41) is 8.95. The molecule has 1 fully saturated rings. The molecule has 0 radical (unpaired) electrons. The second-order valence-corrected chi connectivity index (χ2v) is 7.13. The van der Waals surface area contributed by atoms with Crippen LogP contribution in [0.3, 0.4) is 0 Å². The lowest BCUT2D eigenvalue weighted by Gasteiger charge is -2.16. The highest BCUT2D eigenvalue weighted by Crippen LogP contribution is 2.30. The minimum absolute atomic E-state index is 0.477. The fourth-order valence-electron chi connectivity index (χ4n) is 3.22. The molecule has 1 saturated carbocycles. The molecule has 2 aromatic carbocycles. The third kappa shape index (κ3) is 3.65. The molecular formula is C19H18Cl2N4. The molecule has 0 atom stereocenters. The number of aromatic nitrogens is 2. The number of fused-ring (bicyclic) bond motifs is 1. The molecule has 0 amide bonds. The molecule has 3 aromatic rings. The molecule has 4 nitrogen and oxygen atoms in total. The molecule has 4 rings (SSSR count). The van der Waals surface area contributed by atoms with Gasteiger partial charge in [-0.25, -0.2) is 4.98 Å². The number of nitrogens with zero attached hydrogens (tertiary/aromatic N) is 2. The monoisotopic (exact) mass is 372 g/mol. The first kappa shape index (κ1) is 16.4. The van der Waals surface area contributed by atoms with Crippen LogP contribution in [0.1, 0.15) is 25.7 Å². The van der Waals surface area contributed by atoms with E-state index in [9.17, 15) is 0 Å². The minimum atomic E-state index is 0.477. The summed E-state index contributed by atoms with van der Waals surface area (Å²) in [7, 11) is 0. The van der Waals surface area contributed by atoms with Gasteiger partial charge in [0, 0.05) is 16.5 Å². The van der Waals surface area contributed by atoms with Crippen molar-refractivity contribution in [3.63, 3.8) is 0 Å². The summed E-state index contributed by atoms with van der Waals surface area (Å²) >= 11 is 12.2. The quantitative estimate of drug-likeness (QED) is 0.586. The highest BCUT2D eigenvalue weighted by Gasteiger charge is 2.17. The van der Waals surface area contributed by atoms with Gasteiger partial charge < -0.3 is 10.6 Å². The molecule has 1 aromatic heterocycles. The number of rotatable bonds is 4. The average molecular weight is 373 g/mol. The summed E-state index contributed by atoms with van der Waals surface area (Å²) in [4.78, 5) is 9.31. The summed E-state index contributed by atoms with van der Waals surface area (Å²) in [6.45, 7) is 0. The van der Waals surface area contributed by atoms with Crippen molar-refractivity contribution in [1.82, 2.24) is 9.97 Å². The zero-order valence-corrected chi connectivity index (χ0v) is 15.1. The average Bonchev–Trinajstić information content (AvgIpc) is 3.10. The van der Waals surface area contributed by atoms with Crippen molar-refractivity contribution in [2.45, 2.75) is 31.7 Å². The number of anilines is 3. The molecule has 0 saturated heterocycles. The Labute approximate surface area is 156 Å². The molecule has 1 aliphatic rings. The second-order valence-electron chi connectivity index (χ2n) is 6.29. The third-order valence-corrected chi connectivity index (χ3v) is 5.02. The van der Waals surface area contributed by atoms with Crippen molar-refractivity contribution in [1.29, 1.82) is 0 Å². The van der Waals surface area contributed by atoms with Crippen molar-refractivity contribution in [3.8, 4) is 0 Å². The Kier molecular flexibility index (Phi) is 4.64. The molecule has 6 heteroatoms. The Bertz CT molecular complexity index is 907. The maximum atomic E-state index is 6.26. The Hall–Kier alpha value is -2.04. The SMILES string of the molecule is Clc1ccc(Nc2nc(NC3CCCC3)c3ccccc3n2)c(Cl)c1. The van der Waals surface area contributed by atoms with Gasteiger partial charge in [0.25, 0.3) is 0 Å². The standard InChI is InChI=1S/C19H18Cl2N4/c20-12-9-10-17(15(21)11-12)24-19-23-16-8-4-3-7-14(16)18(25-19)22-13-5-1-2-6-13/h3-4,7-11,13H,1-2,5-6H2,(H2,22,23,24,25). The lowest BCUT2D eigenvalue weighted by Crippen LogP contribution is -2.16. The van der Waals surface area contributed by atoms with E-state index < -0.39 is 0 Å². The Morgan fingerprint density at radius 3 is 2.56 bits per heavy atom. The highest BCUT2D eigenvalue weighted by molar-refractivity contribution is 6.36. The number of para-hydroxylation sites is 1. The van der Waals surface area contributed by atoms with Crippen LogP contribution in [0.15, 0.2) is 42.5 Å². The lowest BCUT2D eigenvalue weighted by atomic mass is 10.2. The van der Waals surface area contributed by atoms with E-state index in [-0.39, 0.29) is 0 Å². The summed E-state index contributed by atoms with van der Waals surface area (Å²) in [5.41, 5.74) is 1.62. The van der Waals surface area contributed by atoms with E-state index in [4.69, 9.17) is 28.2 Å². The highest BCUT2D eigenvalue weighted by atomic mass is 35.5. The molecule has 0 bridgehead atoms. The smallest absolute Gasteiger partial charge is 0.229 e. The first-order valence-electron chi connectivity index (χ1n) is 8.44. The van der Waals surface area contributed by atoms with Crippen molar-refractivity contribution in [2.75, 3.05) is 10.6 Å². The maximum Gasteiger partial charge on any atom is 0.229 e. The summed E-state index contributed by atoms with van der Waals surface area (Å²) in [6.07, 6.45) is 4.91. The van der Waals surface area contributed by atoms with Gasteiger partial charge in [-0.2, -0.15) is 4.98 Å². The molecule has 1 heterocycles. The van der Waals surface area contributed by atoms with E-state index >= 15 is 0 Å². The Morgan fingerprint density at radius 2 is 1.76 bits per heavy atom. The lowest BCUT2D eigenvalue weighted by molar-refractivity contribution is 0.752. The predicted octanol–water partition coefficient (Wildman–Crippen LogP) is 6.03. The van der Waals surface area contributed by atoms with E-state index in [0.717, 1.165) is 22.4 Å². The van der Waals surface area contributed by atoms with E-state index in [1.807, 2.05) is 30.3 Å². The van der Waals surface area contributed by atoms with E-state index in [1.54, 1.807) is 12.1 Å². The number of halogens is 2. The van der Waals surface area contributed by atoms with Gasteiger partial charge >= 0.3 is 0 Å². The number of benzene rings is 2. The van der Waals surface area contributed by atoms with Crippen LogP contribution >= 0.6 is 23.2 Å². The van der Waals surface area contributed by atoms with Gasteiger partial charge in [-0.1, -0.05) is 48.2 Å². The van der Waals surface area contributed by atoms with Gasteiger partial charge in [-0.05, 0) is 43.2 Å². The molecular weight excluding hydrogens is 355 g/mol. The first-order chi connectivity index (χ1) is 12.2. The van der Waals surface area contributed by atoms with Gasteiger partial charge in [0.05, 0.1) is 16.2 Å². The van der Waals surface area contributed by atoms with Crippen LogP contribution in [0, 0.1) is 0 Å². The fourth-order valence-corrected chi connectivity index (χ4v) is 3.67. The van der Waals surface area contributed by atoms with E-state index in [2.05, 4.69) is 15.6 Å². The van der Waals surface area contributed by atoms with E-state index in [0.29, 0.717) is 22.0 Å². The van der Waals surface area contributed by atoms with Crippen molar-refractivity contribution >= 4 is 51.6 Å². The van der Waals surface area contributed by atoms with Crippen molar-refractivity contribution in [3.05, 3.63) is 52.5 Å². The van der Waals surface area contributed by atoms with Gasteiger partial charge in [-0.3, -0.25) is 0 Å². The fraction of sp³-hybridized carbons (Fsp3) is 0.263. The molecule has 1 aliphatic carbocycles.